The van der Waals surface area contributed by atoms with E-state index in [2.05, 4.69) is 20.7 Å². The first-order chi connectivity index (χ1) is 9.37. The number of ether oxygens (including phenoxy) is 2. The molecule has 7 nitrogen and oxygen atoms in total. The number of hydrogen-bond acceptors (Lipinski definition) is 5. The minimum atomic E-state index is -3.74. The van der Waals surface area contributed by atoms with Crippen LogP contribution in [0.3, 0.4) is 0 Å². The first kappa shape index (κ1) is 14.9. The molecular weight excluding hydrogens is 354 g/mol. The third kappa shape index (κ3) is 3.76. The molecule has 1 heterocycles. The Morgan fingerprint density at radius 2 is 1.90 bits per heavy atom. The Labute approximate surface area is 124 Å². The molecule has 1 aromatic rings. The van der Waals surface area contributed by atoms with Gasteiger partial charge >= 0.3 is 5.97 Å². The largest absolute Gasteiger partial charge is 0.486 e. The molecule has 9 heteroatoms. The maximum Gasteiger partial charge on any atom is 0.304 e. The van der Waals surface area contributed by atoms with Crippen molar-refractivity contribution in [3.63, 3.8) is 0 Å². The number of carboxylic acid groups (broad SMARTS) is 1. The summed E-state index contributed by atoms with van der Waals surface area (Å²) in [5.74, 6) is -0.702. The molecule has 0 unspecified atom stereocenters. The number of carboxylic acids is 1. The molecule has 2 rings (SSSR count). The van der Waals surface area contributed by atoms with Gasteiger partial charge in [0.05, 0.1) is 17.9 Å². The molecule has 0 atom stereocenters. The minimum Gasteiger partial charge on any atom is -0.486 e. The second kappa shape index (κ2) is 5.88. The number of aliphatic carboxylic acids is 1. The fraction of sp³-hybridized carbons (Fsp3) is 0.364. The van der Waals surface area contributed by atoms with Crippen molar-refractivity contribution < 1.29 is 27.8 Å². The van der Waals surface area contributed by atoms with Crippen LogP contribution in [0, 0.1) is 0 Å². The van der Waals surface area contributed by atoms with Gasteiger partial charge in [-0.2, -0.15) is 0 Å². The molecule has 0 spiro atoms. The van der Waals surface area contributed by atoms with Crippen LogP contribution in [0.5, 0.6) is 11.5 Å². The number of hydrogen-bond donors (Lipinski definition) is 2. The van der Waals surface area contributed by atoms with E-state index in [0.29, 0.717) is 29.2 Å². The van der Waals surface area contributed by atoms with Crippen molar-refractivity contribution in [3.05, 3.63) is 16.6 Å². The highest BCUT2D eigenvalue weighted by molar-refractivity contribution is 9.10. The summed E-state index contributed by atoms with van der Waals surface area (Å²) in [7, 11) is -3.74. The highest BCUT2D eigenvalue weighted by Crippen LogP contribution is 2.38. The highest BCUT2D eigenvalue weighted by Gasteiger charge is 2.19. The second-order valence-electron chi connectivity index (χ2n) is 4.04. The van der Waals surface area contributed by atoms with Gasteiger partial charge in [0.25, 0.3) is 0 Å². The topological polar surface area (TPSA) is 102 Å². The van der Waals surface area contributed by atoms with Crippen LogP contribution in [-0.4, -0.2) is 38.5 Å². The van der Waals surface area contributed by atoms with Crippen LogP contribution in [0.1, 0.15) is 6.42 Å². The van der Waals surface area contributed by atoms with Crippen LogP contribution in [0.4, 0.5) is 5.69 Å². The Morgan fingerprint density at radius 3 is 2.50 bits per heavy atom. The van der Waals surface area contributed by atoms with E-state index in [1.54, 1.807) is 6.07 Å². The number of fused-ring (bicyclic) bond motifs is 1. The number of sulfonamides is 1. The molecule has 1 aliphatic heterocycles. The van der Waals surface area contributed by atoms with Crippen molar-refractivity contribution in [1.82, 2.24) is 0 Å². The normalized spacial score (nSPS) is 13.8. The van der Waals surface area contributed by atoms with E-state index in [1.807, 2.05) is 0 Å². The van der Waals surface area contributed by atoms with Crippen LogP contribution < -0.4 is 14.2 Å². The maximum atomic E-state index is 11.8. The number of anilines is 1. The molecule has 0 saturated carbocycles. The Hall–Kier alpha value is -1.48. The van der Waals surface area contributed by atoms with Gasteiger partial charge in [0.1, 0.15) is 13.2 Å². The minimum absolute atomic E-state index is 0.277. The molecule has 1 aliphatic rings. The summed E-state index contributed by atoms with van der Waals surface area (Å²) in [4.78, 5) is 10.4. The molecule has 0 saturated heterocycles. The first-order valence-corrected chi connectivity index (χ1v) is 8.13. The molecule has 0 radical (unpaired) electrons. The van der Waals surface area contributed by atoms with Gasteiger partial charge < -0.3 is 14.6 Å². The van der Waals surface area contributed by atoms with Gasteiger partial charge in [-0.25, -0.2) is 8.42 Å². The molecule has 0 bridgehead atoms. The van der Waals surface area contributed by atoms with Gasteiger partial charge in [0.2, 0.25) is 10.0 Å². The summed E-state index contributed by atoms with van der Waals surface area (Å²) in [6.45, 7) is 0.822. The van der Waals surface area contributed by atoms with Crippen molar-refractivity contribution in [2.45, 2.75) is 6.42 Å². The molecule has 0 fully saturated rings. The fourth-order valence-electron chi connectivity index (χ4n) is 1.58. The lowest BCUT2D eigenvalue weighted by Crippen LogP contribution is -2.20. The third-order valence-corrected chi connectivity index (χ3v) is 4.41. The molecule has 110 valence electrons. The van der Waals surface area contributed by atoms with Crippen LogP contribution in [-0.2, 0) is 14.8 Å². The molecule has 20 heavy (non-hydrogen) atoms. The Balaban J connectivity index is 2.19. The van der Waals surface area contributed by atoms with Crippen LogP contribution in [0.25, 0.3) is 0 Å². The van der Waals surface area contributed by atoms with Crippen molar-refractivity contribution in [2.75, 3.05) is 23.7 Å². The van der Waals surface area contributed by atoms with Gasteiger partial charge in [-0.05, 0) is 15.9 Å². The van der Waals surface area contributed by atoms with Crippen LogP contribution in [0.2, 0.25) is 0 Å². The van der Waals surface area contributed by atoms with Crippen LogP contribution >= 0.6 is 15.9 Å². The van der Waals surface area contributed by atoms with Gasteiger partial charge in [-0.3, -0.25) is 9.52 Å². The maximum absolute atomic E-state index is 11.8. The number of rotatable bonds is 5. The summed E-state index contributed by atoms with van der Waals surface area (Å²) in [6, 6.07) is 3.10. The number of carbonyl (C=O) groups is 1. The average molecular weight is 366 g/mol. The Kier molecular flexibility index (Phi) is 4.39. The molecule has 1 aromatic carbocycles. The fourth-order valence-corrected chi connectivity index (χ4v) is 3.18. The molecule has 0 aliphatic carbocycles. The summed E-state index contributed by atoms with van der Waals surface area (Å²) < 4.78 is 37.0. The SMILES string of the molecule is O=C(O)CCS(=O)(=O)Nc1cc2c(cc1Br)OCCO2. The lowest BCUT2D eigenvalue weighted by atomic mass is 10.2. The molecule has 0 aromatic heterocycles. The first-order valence-electron chi connectivity index (χ1n) is 5.69. The van der Waals surface area contributed by atoms with Crippen molar-refractivity contribution in [3.8, 4) is 11.5 Å². The van der Waals surface area contributed by atoms with Crippen molar-refractivity contribution >= 4 is 37.6 Å². The average Bonchev–Trinajstić information content (AvgIpc) is 2.37. The molecular formula is C11H12BrNO6S. The van der Waals surface area contributed by atoms with Crippen molar-refractivity contribution in [2.24, 2.45) is 0 Å². The zero-order valence-electron chi connectivity index (χ0n) is 10.3. The van der Waals surface area contributed by atoms with E-state index in [4.69, 9.17) is 14.6 Å². The highest BCUT2D eigenvalue weighted by atomic mass is 79.9. The molecule has 0 amide bonds. The number of benzene rings is 1. The van der Waals surface area contributed by atoms with E-state index in [0.717, 1.165) is 0 Å². The monoisotopic (exact) mass is 365 g/mol. The van der Waals surface area contributed by atoms with E-state index >= 15 is 0 Å². The zero-order chi connectivity index (χ0) is 14.8. The summed E-state index contributed by atoms with van der Waals surface area (Å²) in [5.41, 5.74) is 0.277. The summed E-state index contributed by atoms with van der Waals surface area (Å²) in [5, 5.41) is 8.52. The van der Waals surface area contributed by atoms with Gasteiger partial charge in [0.15, 0.2) is 11.5 Å². The number of halogens is 1. The van der Waals surface area contributed by atoms with E-state index in [9.17, 15) is 13.2 Å². The lowest BCUT2D eigenvalue weighted by molar-refractivity contribution is -0.136. The predicted molar refractivity (Wildman–Crippen MR) is 74.8 cm³/mol. The summed E-state index contributed by atoms with van der Waals surface area (Å²) >= 11 is 3.23. The van der Waals surface area contributed by atoms with E-state index in [1.165, 1.54) is 6.07 Å². The Bertz CT molecular complexity index is 630. The van der Waals surface area contributed by atoms with Crippen LogP contribution in [0.15, 0.2) is 16.6 Å². The third-order valence-electron chi connectivity index (χ3n) is 2.48. The zero-order valence-corrected chi connectivity index (χ0v) is 12.7. The van der Waals surface area contributed by atoms with Crippen molar-refractivity contribution in [1.29, 1.82) is 0 Å². The number of nitrogens with one attached hydrogen (secondary N) is 1. The standard InChI is InChI=1S/C11H12BrNO6S/c12-7-5-9-10(19-3-2-18-9)6-8(7)13-20(16,17)4-1-11(14)15/h5-6,13H,1-4H2,(H,14,15). The smallest absolute Gasteiger partial charge is 0.304 e. The quantitative estimate of drug-likeness (QED) is 0.818. The van der Waals surface area contributed by atoms with Gasteiger partial charge in [-0.1, -0.05) is 0 Å². The molecule has 2 N–H and O–H groups in total. The lowest BCUT2D eigenvalue weighted by Gasteiger charge is -2.20. The summed E-state index contributed by atoms with van der Waals surface area (Å²) in [6.07, 6.45) is -0.461. The van der Waals surface area contributed by atoms with E-state index in [-0.39, 0.29) is 5.69 Å². The second-order valence-corrected chi connectivity index (χ2v) is 6.74. The predicted octanol–water partition coefficient (Wildman–Crippen LogP) is 1.44. The van der Waals surface area contributed by atoms with E-state index < -0.39 is 28.2 Å². The van der Waals surface area contributed by atoms with Gasteiger partial charge in [0, 0.05) is 16.6 Å². The van der Waals surface area contributed by atoms with Gasteiger partial charge in [-0.15, -0.1) is 0 Å². The Morgan fingerprint density at radius 1 is 1.30 bits per heavy atom.